The summed E-state index contributed by atoms with van der Waals surface area (Å²) in [6, 6.07) is 8.90. The van der Waals surface area contributed by atoms with Crippen molar-refractivity contribution in [2.24, 2.45) is 5.92 Å². The molecule has 1 aliphatic heterocycles. The Morgan fingerprint density at radius 2 is 2.29 bits per heavy atom. The first-order valence-corrected chi connectivity index (χ1v) is 6.51. The quantitative estimate of drug-likeness (QED) is 0.766. The lowest BCUT2D eigenvalue weighted by Gasteiger charge is -2.22. The van der Waals surface area contributed by atoms with Crippen molar-refractivity contribution in [1.82, 2.24) is 4.98 Å². The number of anilines is 1. The topological polar surface area (TPSA) is 29.3 Å². The number of hydrogen-bond donors (Lipinski definition) is 0. The Balaban J connectivity index is 1.98. The van der Waals surface area contributed by atoms with E-state index in [1.807, 2.05) is 24.3 Å². The molecule has 2 aromatic rings. The monoisotopic (exact) mass is 250 g/mol. The standard InChI is InChI=1S/C13H15ClN2O/c1-9-6-7-16(11(9)8-14)13-15-10-4-2-3-5-12(10)17-13/h2-5,9,11H,6-8H2,1H3. The maximum atomic E-state index is 6.03. The lowest BCUT2D eigenvalue weighted by atomic mass is 10.1. The van der Waals surface area contributed by atoms with Gasteiger partial charge in [-0.25, -0.2) is 0 Å². The van der Waals surface area contributed by atoms with Gasteiger partial charge < -0.3 is 9.32 Å². The highest BCUT2D eigenvalue weighted by atomic mass is 35.5. The predicted molar refractivity (Wildman–Crippen MR) is 69.6 cm³/mol. The van der Waals surface area contributed by atoms with E-state index in [4.69, 9.17) is 16.0 Å². The van der Waals surface area contributed by atoms with Crippen LogP contribution in [0.2, 0.25) is 0 Å². The third kappa shape index (κ3) is 1.78. The average Bonchev–Trinajstić information content (AvgIpc) is 2.91. The molecule has 3 nitrogen and oxygen atoms in total. The maximum absolute atomic E-state index is 6.03. The van der Waals surface area contributed by atoms with Gasteiger partial charge in [-0.15, -0.1) is 11.6 Å². The number of oxazole rings is 1. The summed E-state index contributed by atoms with van der Waals surface area (Å²) in [5.41, 5.74) is 1.76. The lowest BCUT2D eigenvalue weighted by Crippen LogP contribution is -2.33. The molecule has 2 unspecified atom stereocenters. The maximum Gasteiger partial charge on any atom is 0.298 e. The molecule has 0 radical (unpaired) electrons. The molecule has 2 atom stereocenters. The molecule has 1 saturated heterocycles. The molecule has 4 heteroatoms. The number of aromatic nitrogens is 1. The van der Waals surface area contributed by atoms with E-state index >= 15 is 0 Å². The first-order valence-electron chi connectivity index (χ1n) is 5.98. The van der Waals surface area contributed by atoms with Crippen molar-refractivity contribution in [3.8, 4) is 0 Å². The minimum atomic E-state index is 0.338. The van der Waals surface area contributed by atoms with Gasteiger partial charge in [0.1, 0.15) is 5.52 Å². The molecule has 1 fully saturated rings. The van der Waals surface area contributed by atoms with Gasteiger partial charge >= 0.3 is 0 Å². The van der Waals surface area contributed by atoms with Gasteiger partial charge in [0.15, 0.2) is 5.58 Å². The first-order chi connectivity index (χ1) is 8.29. The second kappa shape index (κ2) is 4.22. The van der Waals surface area contributed by atoms with Crippen molar-refractivity contribution in [1.29, 1.82) is 0 Å². The number of benzene rings is 1. The second-order valence-electron chi connectivity index (χ2n) is 4.65. The third-order valence-corrected chi connectivity index (χ3v) is 3.89. The molecule has 1 aromatic heterocycles. The molecular weight excluding hydrogens is 236 g/mol. The molecular formula is C13H15ClN2O. The molecule has 0 N–H and O–H groups in total. The smallest absolute Gasteiger partial charge is 0.298 e. The van der Waals surface area contributed by atoms with E-state index < -0.39 is 0 Å². The van der Waals surface area contributed by atoms with E-state index in [1.54, 1.807) is 0 Å². The van der Waals surface area contributed by atoms with Crippen molar-refractivity contribution in [2.45, 2.75) is 19.4 Å². The summed E-state index contributed by atoms with van der Waals surface area (Å²) in [6.45, 7) is 3.21. The Bertz CT molecular complexity index is 492. The molecule has 90 valence electrons. The summed E-state index contributed by atoms with van der Waals surface area (Å²) in [6.07, 6.45) is 1.15. The van der Waals surface area contributed by atoms with Crippen LogP contribution in [0.5, 0.6) is 0 Å². The Morgan fingerprint density at radius 1 is 1.47 bits per heavy atom. The summed E-state index contributed by atoms with van der Waals surface area (Å²) in [7, 11) is 0. The number of hydrogen-bond acceptors (Lipinski definition) is 3. The van der Waals surface area contributed by atoms with Gasteiger partial charge in [-0.1, -0.05) is 19.1 Å². The van der Waals surface area contributed by atoms with Crippen LogP contribution in [0.3, 0.4) is 0 Å². The van der Waals surface area contributed by atoms with Crippen molar-refractivity contribution < 1.29 is 4.42 Å². The number of alkyl halides is 1. The van der Waals surface area contributed by atoms with Crippen molar-refractivity contribution in [2.75, 3.05) is 17.3 Å². The highest BCUT2D eigenvalue weighted by molar-refractivity contribution is 6.18. The molecule has 2 heterocycles. The molecule has 1 aliphatic rings. The SMILES string of the molecule is CC1CCN(c2nc3ccccc3o2)C1CCl. The predicted octanol–water partition coefficient (Wildman–Crippen LogP) is 3.28. The Kier molecular flexibility index (Phi) is 2.71. The number of halogens is 1. The molecule has 0 amide bonds. The van der Waals surface area contributed by atoms with Gasteiger partial charge in [-0.05, 0) is 24.5 Å². The van der Waals surface area contributed by atoms with Crippen LogP contribution in [0.4, 0.5) is 6.01 Å². The minimum absolute atomic E-state index is 0.338. The Morgan fingerprint density at radius 3 is 3.06 bits per heavy atom. The first kappa shape index (κ1) is 10.9. The van der Waals surface area contributed by atoms with E-state index in [-0.39, 0.29) is 0 Å². The zero-order valence-electron chi connectivity index (χ0n) is 9.77. The van der Waals surface area contributed by atoms with Gasteiger partial charge in [0.05, 0.1) is 0 Å². The van der Waals surface area contributed by atoms with Crippen LogP contribution in [-0.4, -0.2) is 23.5 Å². The third-order valence-electron chi connectivity index (χ3n) is 3.57. The molecule has 0 bridgehead atoms. The minimum Gasteiger partial charge on any atom is -0.423 e. The number of nitrogens with zero attached hydrogens (tertiary/aromatic N) is 2. The molecule has 0 aliphatic carbocycles. The lowest BCUT2D eigenvalue weighted by molar-refractivity contribution is 0.515. The summed E-state index contributed by atoms with van der Waals surface area (Å²) >= 11 is 6.03. The fraction of sp³-hybridized carbons (Fsp3) is 0.462. The van der Waals surface area contributed by atoms with Crippen LogP contribution in [0, 0.1) is 5.92 Å². The molecule has 1 aromatic carbocycles. The summed E-state index contributed by atoms with van der Waals surface area (Å²) in [5, 5.41) is 0. The highest BCUT2D eigenvalue weighted by Crippen LogP contribution is 2.31. The normalized spacial score (nSPS) is 24.7. The van der Waals surface area contributed by atoms with Gasteiger partial charge in [-0.2, -0.15) is 4.98 Å². The van der Waals surface area contributed by atoms with E-state index in [0.717, 1.165) is 24.1 Å². The van der Waals surface area contributed by atoms with E-state index in [9.17, 15) is 0 Å². The van der Waals surface area contributed by atoms with Gasteiger partial charge in [0.25, 0.3) is 6.01 Å². The fourth-order valence-electron chi connectivity index (χ4n) is 2.46. The van der Waals surface area contributed by atoms with E-state index in [2.05, 4.69) is 16.8 Å². The van der Waals surface area contributed by atoms with Crippen molar-refractivity contribution >= 4 is 28.7 Å². The molecule has 0 spiro atoms. The van der Waals surface area contributed by atoms with Crippen LogP contribution in [0.1, 0.15) is 13.3 Å². The van der Waals surface area contributed by atoms with Gasteiger partial charge in [-0.3, -0.25) is 0 Å². The molecule has 17 heavy (non-hydrogen) atoms. The second-order valence-corrected chi connectivity index (χ2v) is 4.95. The Hall–Kier alpha value is -1.22. The number of rotatable bonds is 2. The summed E-state index contributed by atoms with van der Waals surface area (Å²) in [4.78, 5) is 6.72. The summed E-state index contributed by atoms with van der Waals surface area (Å²) in [5.74, 6) is 1.22. The van der Waals surface area contributed by atoms with Crippen LogP contribution in [-0.2, 0) is 0 Å². The highest BCUT2D eigenvalue weighted by Gasteiger charge is 2.33. The van der Waals surface area contributed by atoms with Crippen LogP contribution in [0.15, 0.2) is 28.7 Å². The van der Waals surface area contributed by atoms with E-state index in [0.29, 0.717) is 23.9 Å². The Labute approximate surface area is 105 Å². The van der Waals surface area contributed by atoms with Crippen LogP contribution >= 0.6 is 11.6 Å². The zero-order chi connectivity index (χ0) is 11.8. The zero-order valence-corrected chi connectivity index (χ0v) is 10.5. The molecule has 3 rings (SSSR count). The van der Waals surface area contributed by atoms with Gasteiger partial charge in [0, 0.05) is 18.5 Å². The fourth-order valence-corrected chi connectivity index (χ4v) is 2.93. The number of fused-ring (bicyclic) bond motifs is 1. The van der Waals surface area contributed by atoms with Crippen molar-refractivity contribution in [3.05, 3.63) is 24.3 Å². The average molecular weight is 251 g/mol. The molecule has 0 saturated carbocycles. The van der Waals surface area contributed by atoms with Gasteiger partial charge in [0.2, 0.25) is 0 Å². The summed E-state index contributed by atoms with van der Waals surface area (Å²) < 4.78 is 5.79. The van der Waals surface area contributed by atoms with Crippen LogP contribution < -0.4 is 4.90 Å². The van der Waals surface area contributed by atoms with Crippen LogP contribution in [0.25, 0.3) is 11.1 Å². The van der Waals surface area contributed by atoms with E-state index in [1.165, 1.54) is 0 Å². The largest absolute Gasteiger partial charge is 0.423 e. The number of para-hydroxylation sites is 2. The van der Waals surface area contributed by atoms with Crippen molar-refractivity contribution in [3.63, 3.8) is 0 Å².